The number of rotatable bonds is 0. The molecule has 0 spiro atoms. The summed E-state index contributed by atoms with van der Waals surface area (Å²) in [6, 6.07) is 0. The van der Waals surface area contributed by atoms with Crippen molar-refractivity contribution in [1.29, 1.82) is 0 Å². The molecule has 0 nitrogen and oxygen atoms in total. The Balaban J connectivity index is 0.000000336. The van der Waals surface area contributed by atoms with E-state index in [9.17, 15) is 0 Å². The van der Waals surface area contributed by atoms with Gasteiger partial charge in [0.1, 0.15) is 0 Å². The second kappa shape index (κ2) is 3.24. The highest BCUT2D eigenvalue weighted by Gasteiger charge is 2.47. The van der Waals surface area contributed by atoms with Crippen molar-refractivity contribution in [2.75, 3.05) is 0 Å². The molecule has 2 saturated carbocycles. The fourth-order valence-corrected chi connectivity index (χ4v) is 2.74. The number of hydrogen-bond acceptors (Lipinski definition) is 0. The Morgan fingerprint density at radius 2 is 1.83 bits per heavy atom. The minimum Gasteiger partial charge on any atom is -0.0990 e. The number of hydrogen-bond donors (Lipinski definition) is 0. The lowest BCUT2D eigenvalue weighted by Crippen LogP contribution is -2.21. The van der Waals surface area contributed by atoms with E-state index in [0.29, 0.717) is 5.41 Å². The molecular formula is C12H22. The fraction of sp³-hybridized carbons (Fsp3) is 0.833. The van der Waals surface area contributed by atoms with Crippen LogP contribution in [0.3, 0.4) is 0 Å². The third-order valence-corrected chi connectivity index (χ3v) is 3.77. The van der Waals surface area contributed by atoms with Crippen LogP contribution in [0, 0.1) is 17.3 Å². The summed E-state index contributed by atoms with van der Waals surface area (Å²) >= 11 is 0. The summed E-state index contributed by atoms with van der Waals surface area (Å²) < 4.78 is 0. The molecule has 2 unspecified atom stereocenters. The summed E-state index contributed by atoms with van der Waals surface area (Å²) in [4.78, 5) is 0. The van der Waals surface area contributed by atoms with Crippen LogP contribution >= 0.6 is 0 Å². The standard InChI is InChI=1S/C10H16.C2H6/c1-7-8-4-5-9(6-8)10(7,2)3;1-2/h8-9H,1,4-6H2,2-3H3;1-2H3. The molecule has 2 aliphatic rings. The van der Waals surface area contributed by atoms with Gasteiger partial charge in [0, 0.05) is 0 Å². The maximum absolute atomic E-state index is 4.19. The van der Waals surface area contributed by atoms with Crippen molar-refractivity contribution in [3.05, 3.63) is 12.2 Å². The molecule has 2 rings (SSSR count). The Bertz CT molecular complexity index is 176. The molecule has 0 aliphatic heterocycles. The van der Waals surface area contributed by atoms with E-state index in [1.165, 1.54) is 24.8 Å². The highest BCUT2D eigenvalue weighted by Crippen LogP contribution is 2.58. The molecule has 0 saturated heterocycles. The van der Waals surface area contributed by atoms with Crippen LogP contribution in [-0.4, -0.2) is 0 Å². The minimum absolute atomic E-state index is 0.475. The van der Waals surface area contributed by atoms with Gasteiger partial charge in [0.25, 0.3) is 0 Å². The zero-order valence-electron chi connectivity index (χ0n) is 8.98. The van der Waals surface area contributed by atoms with Crippen molar-refractivity contribution in [2.24, 2.45) is 17.3 Å². The van der Waals surface area contributed by atoms with Gasteiger partial charge >= 0.3 is 0 Å². The predicted molar refractivity (Wildman–Crippen MR) is 55.1 cm³/mol. The lowest BCUT2D eigenvalue weighted by Gasteiger charge is -2.31. The fourth-order valence-electron chi connectivity index (χ4n) is 2.74. The zero-order valence-corrected chi connectivity index (χ0v) is 8.98. The molecule has 0 amide bonds. The number of allylic oxidation sites excluding steroid dienone is 1. The van der Waals surface area contributed by atoms with Crippen molar-refractivity contribution in [1.82, 2.24) is 0 Å². The summed E-state index contributed by atoms with van der Waals surface area (Å²) in [5.41, 5.74) is 2.01. The van der Waals surface area contributed by atoms with Gasteiger partial charge in [0.05, 0.1) is 0 Å². The van der Waals surface area contributed by atoms with Gasteiger partial charge in [-0.3, -0.25) is 0 Å². The van der Waals surface area contributed by atoms with E-state index in [1.54, 1.807) is 0 Å². The van der Waals surface area contributed by atoms with Crippen LogP contribution in [0.25, 0.3) is 0 Å². The first-order chi connectivity index (χ1) is 5.62. The smallest absolute Gasteiger partial charge is 0.0116 e. The zero-order chi connectivity index (χ0) is 9.35. The molecule has 12 heavy (non-hydrogen) atoms. The Labute approximate surface area is 77.1 Å². The average Bonchev–Trinajstić information content (AvgIpc) is 2.60. The maximum atomic E-state index is 4.19. The monoisotopic (exact) mass is 166 g/mol. The first-order valence-corrected chi connectivity index (χ1v) is 5.31. The van der Waals surface area contributed by atoms with Gasteiger partial charge < -0.3 is 0 Å². The van der Waals surface area contributed by atoms with Gasteiger partial charge in [-0.25, -0.2) is 0 Å². The molecular weight excluding hydrogens is 144 g/mol. The number of fused-ring (bicyclic) bond motifs is 2. The first-order valence-electron chi connectivity index (χ1n) is 5.31. The van der Waals surface area contributed by atoms with E-state index in [2.05, 4.69) is 20.4 Å². The van der Waals surface area contributed by atoms with E-state index in [4.69, 9.17) is 0 Å². The van der Waals surface area contributed by atoms with Crippen molar-refractivity contribution in [2.45, 2.75) is 47.0 Å². The third-order valence-electron chi connectivity index (χ3n) is 3.77. The van der Waals surface area contributed by atoms with Gasteiger partial charge in [0.15, 0.2) is 0 Å². The Hall–Kier alpha value is -0.260. The quantitative estimate of drug-likeness (QED) is 0.477. The summed E-state index contributed by atoms with van der Waals surface area (Å²) in [6.07, 6.45) is 4.31. The molecule has 2 fully saturated rings. The molecule has 0 radical (unpaired) electrons. The SMILES string of the molecule is C=C1C2CCC(C2)C1(C)C.CC. The van der Waals surface area contributed by atoms with E-state index in [1.807, 2.05) is 13.8 Å². The van der Waals surface area contributed by atoms with Gasteiger partial charge in [0.2, 0.25) is 0 Å². The Morgan fingerprint density at radius 1 is 1.25 bits per heavy atom. The van der Waals surface area contributed by atoms with Crippen molar-refractivity contribution >= 4 is 0 Å². The van der Waals surface area contributed by atoms with Crippen LogP contribution in [0.1, 0.15) is 47.0 Å². The molecule has 2 atom stereocenters. The van der Waals surface area contributed by atoms with Gasteiger partial charge in [-0.15, -0.1) is 0 Å². The summed E-state index contributed by atoms with van der Waals surface area (Å²) in [6.45, 7) is 12.9. The van der Waals surface area contributed by atoms with E-state index in [-0.39, 0.29) is 0 Å². The highest BCUT2D eigenvalue weighted by atomic mass is 14.5. The molecule has 70 valence electrons. The van der Waals surface area contributed by atoms with Crippen LogP contribution in [0.5, 0.6) is 0 Å². The van der Waals surface area contributed by atoms with Crippen molar-refractivity contribution in [3.8, 4) is 0 Å². The molecule has 0 heterocycles. The normalized spacial score (nSPS) is 36.2. The van der Waals surface area contributed by atoms with Crippen LogP contribution in [-0.2, 0) is 0 Å². The van der Waals surface area contributed by atoms with Crippen molar-refractivity contribution < 1.29 is 0 Å². The lowest BCUT2D eigenvalue weighted by molar-refractivity contribution is 0.289. The molecule has 2 aliphatic carbocycles. The summed E-state index contributed by atoms with van der Waals surface area (Å²) in [5, 5.41) is 0. The second-order valence-electron chi connectivity index (χ2n) is 4.45. The average molecular weight is 166 g/mol. The molecule has 0 N–H and O–H groups in total. The van der Waals surface area contributed by atoms with Crippen LogP contribution in [0.15, 0.2) is 12.2 Å². The van der Waals surface area contributed by atoms with E-state index in [0.717, 1.165) is 11.8 Å². The van der Waals surface area contributed by atoms with Crippen LogP contribution in [0.2, 0.25) is 0 Å². The van der Waals surface area contributed by atoms with Gasteiger partial charge in [-0.1, -0.05) is 39.8 Å². The van der Waals surface area contributed by atoms with Gasteiger partial charge in [-0.2, -0.15) is 0 Å². The minimum atomic E-state index is 0.475. The summed E-state index contributed by atoms with van der Waals surface area (Å²) in [5.74, 6) is 1.85. The molecule has 0 heteroatoms. The Morgan fingerprint density at radius 3 is 2.08 bits per heavy atom. The molecule has 2 bridgehead atoms. The maximum Gasteiger partial charge on any atom is -0.0116 e. The first kappa shape index (κ1) is 9.83. The lowest BCUT2D eigenvalue weighted by atomic mass is 9.73. The van der Waals surface area contributed by atoms with E-state index < -0.39 is 0 Å². The highest BCUT2D eigenvalue weighted by molar-refractivity contribution is 5.22. The molecule has 0 aromatic rings. The second-order valence-corrected chi connectivity index (χ2v) is 4.45. The predicted octanol–water partition coefficient (Wildman–Crippen LogP) is 4.02. The largest absolute Gasteiger partial charge is 0.0990 e. The summed E-state index contributed by atoms with van der Waals surface area (Å²) in [7, 11) is 0. The van der Waals surface area contributed by atoms with Crippen LogP contribution < -0.4 is 0 Å². The third kappa shape index (κ3) is 1.22. The van der Waals surface area contributed by atoms with Crippen LogP contribution in [0.4, 0.5) is 0 Å². The van der Waals surface area contributed by atoms with Gasteiger partial charge in [-0.05, 0) is 36.5 Å². The molecule has 0 aromatic carbocycles. The Kier molecular flexibility index (Phi) is 2.65. The topological polar surface area (TPSA) is 0 Å². The van der Waals surface area contributed by atoms with E-state index >= 15 is 0 Å². The van der Waals surface area contributed by atoms with Crippen molar-refractivity contribution in [3.63, 3.8) is 0 Å². The molecule has 0 aromatic heterocycles.